The largest absolute Gasteiger partial charge is 0.355 e. The molecule has 21 heavy (non-hydrogen) atoms. The number of hydrogen-bond acceptors (Lipinski definition) is 6. The van der Waals surface area contributed by atoms with Gasteiger partial charge in [0, 0.05) is 13.1 Å². The maximum atomic E-state index is 11.2. The van der Waals surface area contributed by atoms with Crippen molar-refractivity contribution in [3.8, 4) is 0 Å². The van der Waals surface area contributed by atoms with Crippen LogP contribution in [0.2, 0.25) is 0 Å². The second kappa shape index (κ2) is 6.70. The van der Waals surface area contributed by atoms with E-state index in [0.29, 0.717) is 0 Å². The van der Waals surface area contributed by atoms with Gasteiger partial charge in [-0.1, -0.05) is 6.92 Å². The summed E-state index contributed by atoms with van der Waals surface area (Å²) in [6, 6.07) is 0. The molecule has 1 fully saturated rings. The lowest BCUT2D eigenvalue weighted by Gasteiger charge is -2.34. The second-order valence-corrected chi connectivity index (χ2v) is 7.15. The normalized spacial score (nSPS) is 18.7. The van der Waals surface area contributed by atoms with Gasteiger partial charge in [-0.2, -0.15) is 8.42 Å². The average molecular weight is 313 g/mol. The van der Waals surface area contributed by atoms with E-state index in [1.54, 1.807) is 0 Å². The Morgan fingerprint density at radius 1 is 1.33 bits per heavy atom. The van der Waals surface area contributed by atoms with Crippen molar-refractivity contribution < 1.29 is 12.6 Å². The van der Waals surface area contributed by atoms with E-state index in [-0.39, 0.29) is 12.0 Å². The molecule has 0 amide bonds. The van der Waals surface area contributed by atoms with Crippen molar-refractivity contribution in [1.82, 2.24) is 9.97 Å². The third-order valence-electron chi connectivity index (χ3n) is 3.91. The van der Waals surface area contributed by atoms with Crippen LogP contribution < -0.4 is 4.90 Å². The fourth-order valence-corrected chi connectivity index (χ4v) is 3.35. The molecule has 1 atom stereocenters. The van der Waals surface area contributed by atoms with Gasteiger partial charge in [0.15, 0.2) is 0 Å². The van der Waals surface area contributed by atoms with E-state index in [1.165, 1.54) is 0 Å². The van der Waals surface area contributed by atoms with E-state index < -0.39 is 10.1 Å². The molecule has 1 aliphatic heterocycles. The number of anilines is 1. The third kappa shape index (κ3) is 4.64. The highest BCUT2D eigenvalue weighted by Gasteiger charge is 2.27. The summed E-state index contributed by atoms with van der Waals surface area (Å²) in [4.78, 5) is 11.0. The Morgan fingerprint density at radius 2 is 2.00 bits per heavy atom. The zero-order chi connectivity index (χ0) is 15.5. The number of rotatable bonds is 5. The summed E-state index contributed by atoms with van der Waals surface area (Å²) >= 11 is 0. The van der Waals surface area contributed by atoms with Gasteiger partial charge in [-0.25, -0.2) is 4.98 Å². The molecule has 1 aromatic rings. The van der Waals surface area contributed by atoms with E-state index in [2.05, 4.69) is 21.8 Å². The predicted molar refractivity (Wildman–Crippen MR) is 81.7 cm³/mol. The van der Waals surface area contributed by atoms with Crippen molar-refractivity contribution in [2.75, 3.05) is 24.2 Å². The number of nitrogens with zero attached hydrogens (tertiary/aromatic N) is 3. The molecule has 0 radical (unpaired) electrons. The number of hydrogen-bond donors (Lipinski definition) is 0. The van der Waals surface area contributed by atoms with Crippen LogP contribution in [-0.4, -0.2) is 43.8 Å². The highest BCUT2D eigenvalue weighted by atomic mass is 32.2. The maximum Gasteiger partial charge on any atom is 0.264 e. The van der Waals surface area contributed by atoms with E-state index >= 15 is 0 Å². The minimum absolute atomic E-state index is 0.263. The van der Waals surface area contributed by atoms with Gasteiger partial charge in [-0.15, -0.1) is 0 Å². The minimum atomic E-state index is -3.38. The Hall–Kier alpha value is -1.21. The molecule has 2 rings (SSSR count). The van der Waals surface area contributed by atoms with Gasteiger partial charge in [-0.3, -0.25) is 9.17 Å². The number of piperidine rings is 1. The quantitative estimate of drug-likeness (QED) is 0.769. The molecule has 0 N–H and O–H groups in total. The van der Waals surface area contributed by atoms with Gasteiger partial charge in [0.25, 0.3) is 10.1 Å². The Morgan fingerprint density at radius 3 is 2.48 bits per heavy atom. The van der Waals surface area contributed by atoms with Crippen LogP contribution in [0.5, 0.6) is 0 Å². The van der Waals surface area contributed by atoms with Crippen molar-refractivity contribution in [3.63, 3.8) is 0 Å². The van der Waals surface area contributed by atoms with Crippen molar-refractivity contribution in [2.24, 2.45) is 5.92 Å². The van der Waals surface area contributed by atoms with Gasteiger partial charge >= 0.3 is 0 Å². The fourth-order valence-electron chi connectivity index (χ4n) is 2.65. The lowest BCUT2D eigenvalue weighted by Crippen LogP contribution is -2.38. The highest BCUT2D eigenvalue weighted by molar-refractivity contribution is 7.86. The van der Waals surface area contributed by atoms with Gasteiger partial charge in [0.1, 0.15) is 5.82 Å². The lowest BCUT2D eigenvalue weighted by atomic mass is 9.92. The molecule has 0 saturated carbocycles. The molecule has 0 unspecified atom stereocenters. The van der Waals surface area contributed by atoms with Gasteiger partial charge in [0.05, 0.1) is 30.4 Å². The van der Waals surface area contributed by atoms with Crippen LogP contribution >= 0.6 is 0 Å². The van der Waals surface area contributed by atoms with Crippen molar-refractivity contribution >= 4 is 15.9 Å². The number of aromatic nitrogens is 2. The van der Waals surface area contributed by atoms with Crippen LogP contribution in [0, 0.1) is 5.92 Å². The third-order valence-corrected chi connectivity index (χ3v) is 4.56. The standard InChI is InChI=1S/C14H23N3O3S/c1-4-13-9-16-14(10-15-13)17-7-5-12(6-8-17)11(2)20-21(3,18)19/h9-12H,4-8H2,1-3H3/t11-/m1/s1. The Kier molecular flexibility index (Phi) is 5.16. The first kappa shape index (κ1) is 16.2. The summed E-state index contributed by atoms with van der Waals surface area (Å²) < 4.78 is 27.4. The summed E-state index contributed by atoms with van der Waals surface area (Å²) in [5.74, 6) is 1.15. The van der Waals surface area contributed by atoms with Crippen LogP contribution in [0.1, 0.15) is 32.4 Å². The first-order valence-electron chi connectivity index (χ1n) is 7.33. The molecule has 7 heteroatoms. The molecule has 6 nitrogen and oxygen atoms in total. The van der Waals surface area contributed by atoms with E-state index in [4.69, 9.17) is 4.18 Å². The molecule has 1 aliphatic rings. The SMILES string of the molecule is CCc1cnc(N2CCC([C@@H](C)OS(C)(=O)=O)CC2)cn1. The molecule has 0 aliphatic carbocycles. The minimum Gasteiger partial charge on any atom is -0.355 e. The maximum absolute atomic E-state index is 11.2. The Labute approximate surface area is 126 Å². The van der Waals surface area contributed by atoms with Crippen LogP contribution in [0.4, 0.5) is 5.82 Å². The van der Waals surface area contributed by atoms with Crippen molar-refractivity contribution in [1.29, 1.82) is 0 Å². The predicted octanol–water partition coefficient (Wildman–Crippen LogP) is 1.62. The smallest absolute Gasteiger partial charge is 0.264 e. The first-order chi connectivity index (χ1) is 9.89. The second-order valence-electron chi connectivity index (χ2n) is 5.55. The Balaban J connectivity index is 1.90. The molecular weight excluding hydrogens is 290 g/mol. The van der Waals surface area contributed by atoms with E-state index in [1.807, 2.05) is 19.3 Å². The molecule has 0 aromatic carbocycles. The topological polar surface area (TPSA) is 72.4 Å². The van der Waals surface area contributed by atoms with E-state index in [0.717, 1.165) is 50.1 Å². The molecule has 0 bridgehead atoms. The summed E-state index contributed by atoms with van der Waals surface area (Å²) in [5, 5.41) is 0. The summed E-state index contributed by atoms with van der Waals surface area (Å²) in [5.41, 5.74) is 0.990. The van der Waals surface area contributed by atoms with Gasteiger partial charge in [0.2, 0.25) is 0 Å². The monoisotopic (exact) mass is 313 g/mol. The highest BCUT2D eigenvalue weighted by Crippen LogP contribution is 2.25. The summed E-state index contributed by atoms with van der Waals surface area (Å²) in [6.45, 7) is 5.58. The molecular formula is C14H23N3O3S. The zero-order valence-corrected chi connectivity index (χ0v) is 13.6. The van der Waals surface area contributed by atoms with Gasteiger partial charge < -0.3 is 4.90 Å². The molecule has 0 spiro atoms. The zero-order valence-electron chi connectivity index (χ0n) is 12.8. The number of aryl methyl sites for hydroxylation is 1. The summed E-state index contributed by atoms with van der Waals surface area (Å²) in [7, 11) is -3.38. The van der Waals surface area contributed by atoms with Crippen LogP contribution in [0.3, 0.4) is 0 Å². The van der Waals surface area contributed by atoms with Crippen molar-refractivity contribution in [3.05, 3.63) is 18.1 Å². The average Bonchev–Trinajstić information content (AvgIpc) is 2.46. The first-order valence-corrected chi connectivity index (χ1v) is 9.15. The van der Waals surface area contributed by atoms with Crippen LogP contribution in [-0.2, 0) is 20.7 Å². The van der Waals surface area contributed by atoms with Crippen LogP contribution in [0.15, 0.2) is 12.4 Å². The Bertz CT molecular complexity index is 551. The molecule has 118 valence electrons. The van der Waals surface area contributed by atoms with Crippen molar-refractivity contribution in [2.45, 2.75) is 39.2 Å². The summed E-state index contributed by atoms with van der Waals surface area (Å²) in [6.07, 6.45) is 7.14. The van der Waals surface area contributed by atoms with Gasteiger partial charge in [-0.05, 0) is 32.1 Å². The lowest BCUT2D eigenvalue weighted by molar-refractivity contribution is 0.141. The fraction of sp³-hybridized carbons (Fsp3) is 0.714. The molecule has 1 saturated heterocycles. The molecule has 2 heterocycles. The van der Waals surface area contributed by atoms with E-state index in [9.17, 15) is 8.42 Å². The molecule has 1 aromatic heterocycles. The van der Waals surface area contributed by atoms with Crippen LogP contribution in [0.25, 0.3) is 0 Å².